The van der Waals surface area contributed by atoms with Gasteiger partial charge in [-0.25, -0.2) is 9.18 Å². The molecule has 1 unspecified atom stereocenters. The van der Waals surface area contributed by atoms with Crippen molar-refractivity contribution in [1.29, 1.82) is 0 Å². The summed E-state index contributed by atoms with van der Waals surface area (Å²) in [5.41, 5.74) is -0.117. The van der Waals surface area contributed by atoms with Crippen LogP contribution in [0.3, 0.4) is 0 Å². The molecule has 1 aromatic heterocycles. The number of amides is 1. The summed E-state index contributed by atoms with van der Waals surface area (Å²) in [4.78, 5) is 26.1. The molecule has 0 radical (unpaired) electrons. The number of benzene rings is 1. The quantitative estimate of drug-likeness (QED) is 0.849. The van der Waals surface area contributed by atoms with Crippen molar-refractivity contribution in [3.8, 4) is 5.75 Å². The molecule has 1 amide bonds. The van der Waals surface area contributed by atoms with Crippen LogP contribution in [0.25, 0.3) is 0 Å². The van der Waals surface area contributed by atoms with Crippen molar-refractivity contribution in [2.45, 2.75) is 26.1 Å². The molecular formula is C19H22FN3O4. The Morgan fingerprint density at radius 2 is 2.11 bits per heavy atom. The smallest absolute Gasteiger partial charge is 0.410 e. The number of hydrogen-bond donors (Lipinski definition) is 2. The number of hydrogen-bond acceptors (Lipinski definition) is 5. The van der Waals surface area contributed by atoms with Crippen molar-refractivity contribution in [3.05, 3.63) is 63.8 Å². The average molecular weight is 375 g/mol. The van der Waals surface area contributed by atoms with Crippen LogP contribution in [-0.4, -0.2) is 46.3 Å². The van der Waals surface area contributed by atoms with Gasteiger partial charge in [-0.3, -0.25) is 4.79 Å². The molecule has 1 aliphatic rings. The first-order chi connectivity index (χ1) is 13.0. The van der Waals surface area contributed by atoms with Crippen LogP contribution in [0.2, 0.25) is 0 Å². The van der Waals surface area contributed by atoms with Crippen molar-refractivity contribution in [2.24, 2.45) is 0 Å². The molecule has 1 aromatic carbocycles. The largest absolute Gasteiger partial charge is 0.503 e. The van der Waals surface area contributed by atoms with Crippen LogP contribution in [0.4, 0.5) is 9.18 Å². The van der Waals surface area contributed by atoms with Gasteiger partial charge in [-0.05, 0) is 19.1 Å². The normalized spacial score (nSPS) is 17.0. The predicted octanol–water partition coefficient (Wildman–Crippen LogP) is 1.67. The molecule has 0 saturated carbocycles. The summed E-state index contributed by atoms with van der Waals surface area (Å²) in [6.45, 7) is 3.61. The highest BCUT2D eigenvalue weighted by Gasteiger charge is 2.24. The summed E-state index contributed by atoms with van der Waals surface area (Å²) < 4.78 is 20.2. The minimum Gasteiger partial charge on any atom is -0.503 e. The minimum atomic E-state index is -0.664. The van der Waals surface area contributed by atoms with Gasteiger partial charge in [0.15, 0.2) is 5.75 Å². The van der Waals surface area contributed by atoms with E-state index in [0.29, 0.717) is 25.2 Å². The van der Waals surface area contributed by atoms with Crippen LogP contribution >= 0.6 is 0 Å². The van der Waals surface area contributed by atoms with E-state index >= 15 is 0 Å². The zero-order chi connectivity index (χ0) is 19.4. The maximum Gasteiger partial charge on any atom is 0.410 e. The van der Waals surface area contributed by atoms with E-state index < -0.39 is 23.2 Å². The molecular weight excluding hydrogens is 353 g/mol. The zero-order valence-electron chi connectivity index (χ0n) is 15.0. The molecule has 2 N–H and O–H groups in total. The predicted molar refractivity (Wildman–Crippen MR) is 97.1 cm³/mol. The lowest BCUT2D eigenvalue weighted by atomic mass is 10.2. The van der Waals surface area contributed by atoms with Gasteiger partial charge >= 0.3 is 6.09 Å². The van der Waals surface area contributed by atoms with Crippen LogP contribution in [0.1, 0.15) is 18.1 Å². The highest BCUT2D eigenvalue weighted by molar-refractivity contribution is 5.68. The highest BCUT2D eigenvalue weighted by atomic mass is 19.1. The lowest BCUT2D eigenvalue weighted by molar-refractivity contribution is 0.0754. The fourth-order valence-corrected chi connectivity index (χ4v) is 2.99. The lowest BCUT2D eigenvalue weighted by Gasteiger charge is -2.32. The molecule has 8 heteroatoms. The summed E-state index contributed by atoms with van der Waals surface area (Å²) in [7, 11) is 0. The van der Waals surface area contributed by atoms with Gasteiger partial charge < -0.3 is 24.6 Å². The Morgan fingerprint density at radius 1 is 1.33 bits per heavy atom. The van der Waals surface area contributed by atoms with E-state index in [2.05, 4.69) is 5.32 Å². The van der Waals surface area contributed by atoms with Gasteiger partial charge in [0.25, 0.3) is 5.56 Å². The molecule has 1 fully saturated rings. The Bertz CT molecular complexity index is 883. The van der Waals surface area contributed by atoms with Crippen molar-refractivity contribution >= 4 is 6.09 Å². The second-order valence-electron chi connectivity index (χ2n) is 6.52. The van der Waals surface area contributed by atoms with Crippen LogP contribution in [0.15, 0.2) is 41.3 Å². The van der Waals surface area contributed by atoms with E-state index in [-0.39, 0.29) is 24.8 Å². The third kappa shape index (κ3) is 4.28. The van der Waals surface area contributed by atoms with E-state index in [1.165, 1.54) is 22.9 Å². The summed E-state index contributed by atoms with van der Waals surface area (Å²) >= 11 is 0. The number of carbonyl (C=O) groups is 1. The van der Waals surface area contributed by atoms with Gasteiger partial charge in [0.2, 0.25) is 0 Å². The van der Waals surface area contributed by atoms with Gasteiger partial charge in [0.1, 0.15) is 12.4 Å². The molecule has 144 valence electrons. The van der Waals surface area contributed by atoms with Gasteiger partial charge in [-0.1, -0.05) is 18.2 Å². The van der Waals surface area contributed by atoms with Crippen molar-refractivity contribution in [3.63, 3.8) is 0 Å². The number of aromatic nitrogens is 1. The summed E-state index contributed by atoms with van der Waals surface area (Å²) in [6, 6.07) is 7.62. The number of pyridine rings is 1. The number of nitrogens with zero attached hydrogens (tertiary/aromatic N) is 2. The van der Waals surface area contributed by atoms with Gasteiger partial charge in [0.05, 0.1) is 6.54 Å². The molecule has 1 aliphatic heterocycles. The molecule has 1 atom stereocenters. The molecule has 0 bridgehead atoms. The molecule has 3 rings (SSSR count). The van der Waals surface area contributed by atoms with Crippen LogP contribution in [0.5, 0.6) is 5.75 Å². The van der Waals surface area contributed by atoms with Gasteiger partial charge in [-0.15, -0.1) is 0 Å². The minimum absolute atomic E-state index is 0.00255. The summed E-state index contributed by atoms with van der Waals surface area (Å²) in [5, 5.41) is 13.3. The highest BCUT2D eigenvalue weighted by Crippen LogP contribution is 2.15. The second-order valence-corrected chi connectivity index (χ2v) is 6.52. The van der Waals surface area contributed by atoms with Crippen molar-refractivity contribution in [2.75, 3.05) is 19.6 Å². The summed E-state index contributed by atoms with van der Waals surface area (Å²) in [6.07, 6.45) is 0.962. The fraction of sp³-hybridized carbons (Fsp3) is 0.368. The SMILES string of the molecule is CC1CNCCN1C(=O)OCc1ccn(Cc2ccccc2F)c(=O)c1O. The topological polar surface area (TPSA) is 83.8 Å². The van der Waals surface area contributed by atoms with Gasteiger partial charge in [0, 0.05) is 43.0 Å². The number of aromatic hydroxyl groups is 1. The molecule has 27 heavy (non-hydrogen) atoms. The first-order valence-corrected chi connectivity index (χ1v) is 8.76. The van der Waals surface area contributed by atoms with E-state index in [4.69, 9.17) is 4.74 Å². The van der Waals surface area contributed by atoms with Crippen molar-refractivity contribution < 1.29 is 19.0 Å². The van der Waals surface area contributed by atoms with Crippen LogP contribution < -0.4 is 10.9 Å². The third-order valence-electron chi connectivity index (χ3n) is 4.61. The number of halogens is 1. The summed E-state index contributed by atoms with van der Waals surface area (Å²) in [5.74, 6) is -0.929. The Balaban J connectivity index is 1.69. The standard InChI is InChI=1S/C19H22FN3O4/c1-13-10-21-7-9-23(13)19(26)27-12-15-6-8-22(18(25)17(15)24)11-14-4-2-3-5-16(14)20/h2-6,8,13,21,24H,7,9-12H2,1H3. The van der Waals surface area contributed by atoms with Crippen LogP contribution in [0, 0.1) is 5.82 Å². The Hall–Kier alpha value is -2.87. The van der Waals surface area contributed by atoms with E-state index in [1.807, 2.05) is 6.92 Å². The number of nitrogens with one attached hydrogen (secondary N) is 1. The van der Waals surface area contributed by atoms with Gasteiger partial charge in [-0.2, -0.15) is 0 Å². The molecule has 1 saturated heterocycles. The number of carbonyl (C=O) groups excluding carboxylic acids is 1. The number of rotatable bonds is 4. The van der Waals surface area contributed by atoms with E-state index in [0.717, 1.165) is 0 Å². The Kier molecular flexibility index (Phi) is 5.75. The molecule has 0 aliphatic carbocycles. The maximum atomic E-state index is 13.8. The van der Waals surface area contributed by atoms with Crippen LogP contribution in [-0.2, 0) is 17.9 Å². The van der Waals surface area contributed by atoms with E-state index in [1.54, 1.807) is 23.1 Å². The fourth-order valence-electron chi connectivity index (χ4n) is 2.99. The second kappa shape index (κ2) is 8.22. The number of ether oxygens (including phenoxy) is 1. The number of piperazine rings is 1. The molecule has 2 aromatic rings. The Labute approximate surface area is 156 Å². The lowest BCUT2D eigenvalue weighted by Crippen LogP contribution is -2.52. The first-order valence-electron chi connectivity index (χ1n) is 8.76. The molecule has 0 spiro atoms. The maximum absolute atomic E-state index is 13.8. The monoisotopic (exact) mass is 375 g/mol. The molecule has 2 heterocycles. The zero-order valence-corrected chi connectivity index (χ0v) is 15.0. The first kappa shape index (κ1) is 18.9. The van der Waals surface area contributed by atoms with Crippen molar-refractivity contribution in [1.82, 2.24) is 14.8 Å². The average Bonchev–Trinajstić information content (AvgIpc) is 2.66. The van der Waals surface area contributed by atoms with E-state index in [9.17, 15) is 19.1 Å². The molecule has 7 nitrogen and oxygen atoms in total. The Morgan fingerprint density at radius 3 is 2.85 bits per heavy atom. The third-order valence-corrected chi connectivity index (χ3v) is 4.61.